The predicted octanol–water partition coefficient (Wildman–Crippen LogP) is 4.88. The van der Waals surface area contributed by atoms with Crippen molar-refractivity contribution in [3.63, 3.8) is 0 Å². The lowest BCUT2D eigenvalue weighted by molar-refractivity contribution is 0.288. The van der Waals surface area contributed by atoms with Crippen LogP contribution in [-0.4, -0.2) is 5.16 Å². The number of thiophene rings is 1. The molecule has 20 heavy (non-hydrogen) atoms. The first-order chi connectivity index (χ1) is 9.72. The Morgan fingerprint density at radius 1 is 1.30 bits per heavy atom. The number of hydrogen-bond donors (Lipinski definition) is 0. The van der Waals surface area contributed by atoms with Crippen molar-refractivity contribution in [2.24, 2.45) is 0 Å². The van der Waals surface area contributed by atoms with Crippen LogP contribution in [0.5, 0.6) is 5.75 Å². The number of halogens is 2. The Kier molecular flexibility index (Phi) is 3.84. The lowest BCUT2D eigenvalue weighted by Crippen LogP contribution is -1.96. The van der Waals surface area contributed by atoms with Crippen LogP contribution >= 0.6 is 27.3 Å². The van der Waals surface area contributed by atoms with Crippen LogP contribution < -0.4 is 4.74 Å². The highest BCUT2D eigenvalue weighted by Gasteiger charge is 2.09. The van der Waals surface area contributed by atoms with E-state index in [1.165, 1.54) is 12.1 Å². The van der Waals surface area contributed by atoms with Gasteiger partial charge in [0.25, 0.3) is 0 Å². The van der Waals surface area contributed by atoms with E-state index in [9.17, 15) is 4.39 Å². The third-order valence-corrected chi connectivity index (χ3v) is 4.10. The van der Waals surface area contributed by atoms with Gasteiger partial charge in [0.1, 0.15) is 23.9 Å². The van der Waals surface area contributed by atoms with Crippen LogP contribution in [0, 0.1) is 5.82 Å². The first-order valence-electron chi connectivity index (χ1n) is 5.80. The van der Waals surface area contributed by atoms with Crippen molar-refractivity contribution >= 4 is 27.3 Å². The van der Waals surface area contributed by atoms with Crippen LogP contribution in [0.1, 0.15) is 5.69 Å². The summed E-state index contributed by atoms with van der Waals surface area (Å²) < 4.78 is 24.4. The minimum Gasteiger partial charge on any atom is -0.486 e. The maximum atomic E-state index is 13.0. The van der Waals surface area contributed by atoms with Gasteiger partial charge in [-0.2, -0.15) is 0 Å². The molecule has 0 fully saturated rings. The molecule has 0 saturated heterocycles. The summed E-state index contributed by atoms with van der Waals surface area (Å²) in [5.41, 5.74) is 0.685. The molecule has 0 aliphatic rings. The van der Waals surface area contributed by atoms with Crippen LogP contribution in [0.25, 0.3) is 10.6 Å². The first kappa shape index (κ1) is 13.3. The SMILES string of the molecule is Fc1ccc(OCc2cc(-c3cccs3)on2)c(Br)c1. The summed E-state index contributed by atoms with van der Waals surface area (Å²) in [4.78, 5) is 1.02. The smallest absolute Gasteiger partial charge is 0.177 e. The molecule has 0 atom stereocenters. The van der Waals surface area contributed by atoms with Crippen LogP contribution in [0.4, 0.5) is 4.39 Å². The number of aromatic nitrogens is 1. The van der Waals surface area contributed by atoms with Crippen LogP contribution in [0.3, 0.4) is 0 Å². The standard InChI is InChI=1S/C14H9BrFNO2S/c15-11-6-9(16)3-4-12(11)18-8-10-7-13(19-17-10)14-2-1-5-20-14/h1-7H,8H2. The summed E-state index contributed by atoms with van der Waals surface area (Å²) in [6.07, 6.45) is 0. The Bertz CT molecular complexity index is 712. The van der Waals surface area contributed by atoms with Crippen molar-refractivity contribution in [1.29, 1.82) is 0 Å². The van der Waals surface area contributed by atoms with E-state index in [0.717, 1.165) is 10.6 Å². The highest BCUT2D eigenvalue weighted by Crippen LogP contribution is 2.28. The molecule has 3 nitrogen and oxygen atoms in total. The normalized spacial score (nSPS) is 10.7. The zero-order chi connectivity index (χ0) is 13.9. The van der Waals surface area contributed by atoms with E-state index >= 15 is 0 Å². The molecule has 0 bridgehead atoms. The van der Waals surface area contributed by atoms with Gasteiger partial charge in [-0.3, -0.25) is 0 Å². The van der Waals surface area contributed by atoms with E-state index in [4.69, 9.17) is 9.26 Å². The highest BCUT2D eigenvalue weighted by atomic mass is 79.9. The van der Waals surface area contributed by atoms with Gasteiger partial charge < -0.3 is 9.26 Å². The second-order valence-electron chi connectivity index (χ2n) is 4.02. The molecule has 2 aromatic heterocycles. The average molecular weight is 354 g/mol. The fourth-order valence-corrected chi connectivity index (χ4v) is 2.80. The molecule has 2 heterocycles. The second kappa shape index (κ2) is 5.76. The van der Waals surface area contributed by atoms with Gasteiger partial charge >= 0.3 is 0 Å². The second-order valence-corrected chi connectivity index (χ2v) is 5.83. The van der Waals surface area contributed by atoms with Gasteiger partial charge in [-0.1, -0.05) is 11.2 Å². The lowest BCUT2D eigenvalue weighted by atomic mass is 10.3. The quantitative estimate of drug-likeness (QED) is 0.670. The maximum Gasteiger partial charge on any atom is 0.177 e. The van der Waals surface area contributed by atoms with Crippen molar-refractivity contribution in [3.05, 3.63) is 57.8 Å². The molecule has 6 heteroatoms. The van der Waals surface area contributed by atoms with Gasteiger partial charge in [-0.15, -0.1) is 11.3 Å². The lowest BCUT2D eigenvalue weighted by Gasteiger charge is -2.05. The van der Waals surface area contributed by atoms with Crippen LogP contribution in [0.15, 0.2) is 50.8 Å². The van der Waals surface area contributed by atoms with Crippen LogP contribution in [0.2, 0.25) is 0 Å². The number of benzene rings is 1. The van der Waals surface area contributed by atoms with Crippen molar-refractivity contribution in [3.8, 4) is 16.4 Å². The van der Waals surface area contributed by atoms with E-state index in [1.807, 2.05) is 23.6 Å². The molecule has 0 unspecified atom stereocenters. The van der Waals surface area contributed by atoms with Gasteiger partial charge in [-0.05, 0) is 45.6 Å². The molecular formula is C14H9BrFNO2S. The van der Waals surface area contributed by atoms with E-state index in [0.29, 0.717) is 15.9 Å². The number of rotatable bonds is 4. The summed E-state index contributed by atoms with van der Waals surface area (Å²) in [6, 6.07) is 10.0. The Morgan fingerprint density at radius 2 is 2.20 bits per heavy atom. The number of nitrogens with zero attached hydrogens (tertiary/aromatic N) is 1. The molecular weight excluding hydrogens is 345 g/mol. The Hall–Kier alpha value is -1.66. The van der Waals surface area contributed by atoms with Gasteiger partial charge in [0, 0.05) is 6.07 Å². The van der Waals surface area contributed by atoms with Crippen LogP contribution in [-0.2, 0) is 6.61 Å². The Balaban J connectivity index is 1.70. The number of ether oxygens (including phenoxy) is 1. The molecule has 0 aliphatic carbocycles. The van der Waals surface area contributed by atoms with E-state index < -0.39 is 0 Å². The van der Waals surface area contributed by atoms with E-state index in [2.05, 4.69) is 21.1 Å². The van der Waals surface area contributed by atoms with Crippen molar-refractivity contribution in [1.82, 2.24) is 5.16 Å². The molecule has 0 radical (unpaired) electrons. The zero-order valence-electron chi connectivity index (χ0n) is 10.2. The molecule has 0 saturated carbocycles. The molecule has 0 aliphatic heterocycles. The summed E-state index contributed by atoms with van der Waals surface area (Å²) in [5.74, 6) is 0.967. The first-order valence-corrected chi connectivity index (χ1v) is 7.47. The molecule has 3 aromatic rings. The third-order valence-electron chi connectivity index (χ3n) is 2.59. The molecule has 1 aromatic carbocycles. The topological polar surface area (TPSA) is 35.3 Å². The van der Waals surface area contributed by atoms with Gasteiger partial charge in [-0.25, -0.2) is 4.39 Å². The Morgan fingerprint density at radius 3 is 2.95 bits per heavy atom. The minimum atomic E-state index is -0.314. The summed E-state index contributed by atoms with van der Waals surface area (Å²) in [6.45, 7) is 0.263. The largest absolute Gasteiger partial charge is 0.486 e. The minimum absolute atomic E-state index is 0.263. The highest BCUT2D eigenvalue weighted by molar-refractivity contribution is 9.10. The molecule has 0 spiro atoms. The van der Waals surface area contributed by atoms with E-state index in [-0.39, 0.29) is 12.4 Å². The average Bonchev–Trinajstić information content (AvgIpc) is 3.08. The summed E-state index contributed by atoms with van der Waals surface area (Å²) >= 11 is 4.83. The number of hydrogen-bond acceptors (Lipinski definition) is 4. The van der Waals surface area contributed by atoms with Gasteiger partial charge in [0.15, 0.2) is 5.76 Å². The predicted molar refractivity (Wildman–Crippen MR) is 78.2 cm³/mol. The monoisotopic (exact) mass is 353 g/mol. The molecule has 0 amide bonds. The maximum absolute atomic E-state index is 13.0. The van der Waals surface area contributed by atoms with E-state index in [1.54, 1.807) is 17.4 Å². The van der Waals surface area contributed by atoms with Crippen molar-refractivity contribution in [2.45, 2.75) is 6.61 Å². The molecule has 3 rings (SSSR count). The summed E-state index contributed by atoms with van der Waals surface area (Å²) in [7, 11) is 0. The van der Waals surface area contributed by atoms with Crippen molar-refractivity contribution < 1.29 is 13.7 Å². The van der Waals surface area contributed by atoms with Gasteiger partial charge in [0.2, 0.25) is 0 Å². The molecule has 0 N–H and O–H groups in total. The third kappa shape index (κ3) is 2.91. The fourth-order valence-electron chi connectivity index (χ4n) is 1.66. The zero-order valence-corrected chi connectivity index (χ0v) is 12.6. The fraction of sp³-hybridized carbons (Fsp3) is 0.0714. The van der Waals surface area contributed by atoms with Crippen molar-refractivity contribution in [2.75, 3.05) is 0 Å². The Labute approximate surface area is 127 Å². The van der Waals surface area contributed by atoms with Gasteiger partial charge in [0.05, 0.1) is 9.35 Å². The summed E-state index contributed by atoms with van der Waals surface area (Å²) in [5, 5.41) is 5.93. The molecule has 102 valence electrons.